The number of ether oxygens (including phenoxy) is 1. The van der Waals surface area contributed by atoms with E-state index in [0.29, 0.717) is 21.4 Å². The molecule has 1 heterocycles. The van der Waals surface area contributed by atoms with Crippen LogP contribution in [0.3, 0.4) is 0 Å². The molecule has 0 saturated carbocycles. The maximum Gasteiger partial charge on any atom is 0.216 e. The Morgan fingerprint density at radius 1 is 1.20 bits per heavy atom. The van der Waals surface area contributed by atoms with Gasteiger partial charge in [-0.05, 0) is 36.0 Å². The van der Waals surface area contributed by atoms with Gasteiger partial charge in [0.2, 0.25) is 4.77 Å². The lowest BCUT2D eigenvalue weighted by Gasteiger charge is -2.06. The number of halogens is 1. The van der Waals surface area contributed by atoms with Gasteiger partial charge in [0.25, 0.3) is 0 Å². The van der Waals surface area contributed by atoms with Crippen LogP contribution in [0.4, 0.5) is 0 Å². The normalized spacial score (nSPS) is 11.8. The molecule has 0 radical (unpaired) electrons. The topological polar surface area (TPSA) is 55.2 Å². The van der Waals surface area contributed by atoms with Gasteiger partial charge in [0.15, 0.2) is 5.82 Å². The van der Waals surface area contributed by atoms with Crippen molar-refractivity contribution < 1.29 is 4.74 Å². The third kappa shape index (κ3) is 4.04. The van der Waals surface area contributed by atoms with Crippen molar-refractivity contribution in [2.45, 2.75) is 0 Å². The van der Waals surface area contributed by atoms with Crippen molar-refractivity contribution in [3.8, 4) is 17.1 Å². The number of nitrogens with zero attached hydrogens (tertiary/aromatic N) is 3. The van der Waals surface area contributed by atoms with Crippen molar-refractivity contribution in [3.05, 3.63) is 70.0 Å². The van der Waals surface area contributed by atoms with E-state index in [1.165, 1.54) is 10.9 Å². The van der Waals surface area contributed by atoms with Crippen molar-refractivity contribution in [1.29, 1.82) is 0 Å². The standard InChI is InChI=1S/C18H15ClN4OS/c1-24-16-10-6-5-9-15(16)17-21-22-18(25)23(17)20-12-14(19)11-13-7-3-2-4-8-13/h2-12H,1H3,(H,22,25)/b14-11-,20-12+. The van der Waals surface area contributed by atoms with Crippen LogP contribution < -0.4 is 4.74 Å². The first-order valence-electron chi connectivity index (χ1n) is 7.46. The maximum atomic E-state index is 6.25. The molecule has 0 spiro atoms. The summed E-state index contributed by atoms with van der Waals surface area (Å²) in [5, 5.41) is 11.8. The fourth-order valence-electron chi connectivity index (χ4n) is 2.26. The second kappa shape index (κ2) is 7.92. The van der Waals surface area contributed by atoms with Crippen LogP contribution in [0.5, 0.6) is 5.75 Å². The maximum absolute atomic E-state index is 6.25. The Kier molecular flexibility index (Phi) is 5.42. The van der Waals surface area contributed by atoms with Crippen molar-refractivity contribution in [2.24, 2.45) is 5.10 Å². The third-order valence-corrected chi connectivity index (χ3v) is 3.87. The summed E-state index contributed by atoms with van der Waals surface area (Å²) in [5.74, 6) is 1.22. The molecule has 0 amide bonds. The van der Waals surface area contributed by atoms with Crippen molar-refractivity contribution in [1.82, 2.24) is 14.9 Å². The quantitative estimate of drug-likeness (QED) is 0.521. The van der Waals surface area contributed by atoms with Crippen LogP contribution in [0.15, 0.2) is 64.7 Å². The van der Waals surface area contributed by atoms with Gasteiger partial charge in [-0.25, -0.2) is 5.10 Å². The van der Waals surface area contributed by atoms with Crippen LogP contribution >= 0.6 is 23.8 Å². The molecule has 0 aliphatic rings. The van der Waals surface area contributed by atoms with Gasteiger partial charge in [0.1, 0.15) is 5.75 Å². The van der Waals surface area contributed by atoms with Crippen LogP contribution in [0.25, 0.3) is 17.5 Å². The molecule has 0 bridgehead atoms. The summed E-state index contributed by atoms with van der Waals surface area (Å²) in [5.41, 5.74) is 1.76. The number of rotatable bonds is 5. The van der Waals surface area contributed by atoms with Gasteiger partial charge in [-0.1, -0.05) is 54.1 Å². The van der Waals surface area contributed by atoms with Crippen LogP contribution in [0, 0.1) is 4.77 Å². The summed E-state index contributed by atoms with van der Waals surface area (Å²) >= 11 is 11.5. The Morgan fingerprint density at radius 2 is 1.92 bits per heavy atom. The number of hydrogen-bond donors (Lipinski definition) is 1. The lowest BCUT2D eigenvalue weighted by atomic mass is 10.2. The Morgan fingerprint density at radius 3 is 2.68 bits per heavy atom. The van der Waals surface area contributed by atoms with E-state index in [1.807, 2.05) is 60.7 Å². The van der Waals surface area contributed by atoms with Crippen molar-refractivity contribution in [3.63, 3.8) is 0 Å². The molecule has 1 N–H and O–H groups in total. The minimum Gasteiger partial charge on any atom is -0.496 e. The van der Waals surface area contributed by atoms with E-state index in [1.54, 1.807) is 7.11 Å². The number of nitrogens with one attached hydrogen (secondary N) is 1. The van der Waals surface area contributed by atoms with Gasteiger partial charge in [-0.3, -0.25) is 0 Å². The smallest absolute Gasteiger partial charge is 0.216 e. The summed E-state index contributed by atoms with van der Waals surface area (Å²) in [6, 6.07) is 17.3. The minimum atomic E-state index is 0.362. The number of allylic oxidation sites excluding steroid dienone is 1. The molecular formula is C18H15ClN4OS. The Labute approximate surface area is 155 Å². The molecule has 3 rings (SSSR count). The average Bonchev–Trinajstić information content (AvgIpc) is 3.01. The fraction of sp³-hybridized carbons (Fsp3) is 0.0556. The molecule has 126 valence electrons. The summed E-state index contributed by atoms with van der Waals surface area (Å²) in [6.45, 7) is 0. The van der Waals surface area contributed by atoms with Gasteiger partial charge in [0.05, 0.1) is 23.9 Å². The predicted octanol–water partition coefficient (Wildman–Crippen LogP) is 4.73. The monoisotopic (exact) mass is 370 g/mol. The molecule has 7 heteroatoms. The second-order valence-corrected chi connectivity index (χ2v) is 5.87. The highest BCUT2D eigenvalue weighted by Gasteiger charge is 2.12. The average molecular weight is 371 g/mol. The molecule has 1 aromatic heterocycles. The summed E-state index contributed by atoms with van der Waals surface area (Å²) in [4.78, 5) is 0. The summed E-state index contributed by atoms with van der Waals surface area (Å²) in [7, 11) is 1.60. The number of hydrogen-bond acceptors (Lipinski definition) is 4. The molecular weight excluding hydrogens is 356 g/mol. The van der Waals surface area contributed by atoms with E-state index in [0.717, 1.165) is 11.1 Å². The Hall–Kier alpha value is -2.70. The summed E-state index contributed by atoms with van der Waals surface area (Å²) in [6.07, 6.45) is 3.34. The highest BCUT2D eigenvalue weighted by atomic mass is 35.5. The molecule has 0 saturated heterocycles. The number of aromatic amines is 1. The number of methoxy groups -OCH3 is 1. The number of para-hydroxylation sites is 1. The largest absolute Gasteiger partial charge is 0.496 e. The SMILES string of the molecule is COc1ccccc1-c1n[nH]c(=S)n1/N=C/C(Cl)=C/c1ccccc1. The molecule has 0 unspecified atom stereocenters. The van der Waals surface area contributed by atoms with Crippen LogP contribution in [-0.2, 0) is 0 Å². The molecule has 25 heavy (non-hydrogen) atoms. The van der Waals surface area contributed by atoms with Crippen molar-refractivity contribution in [2.75, 3.05) is 7.11 Å². The molecule has 5 nitrogen and oxygen atoms in total. The van der Waals surface area contributed by atoms with Crippen LogP contribution in [0.1, 0.15) is 5.56 Å². The highest BCUT2D eigenvalue weighted by Crippen LogP contribution is 2.28. The van der Waals surface area contributed by atoms with E-state index in [4.69, 9.17) is 28.6 Å². The molecule has 0 fully saturated rings. The molecule has 2 aromatic carbocycles. The second-order valence-electron chi connectivity index (χ2n) is 5.05. The van der Waals surface area contributed by atoms with E-state index in [-0.39, 0.29) is 0 Å². The molecule has 0 aliphatic carbocycles. The van der Waals surface area contributed by atoms with Gasteiger partial charge in [-0.2, -0.15) is 14.9 Å². The zero-order chi connectivity index (χ0) is 17.6. The highest BCUT2D eigenvalue weighted by molar-refractivity contribution is 7.71. The summed E-state index contributed by atoms with van der Waals surface area (Å²) < 4.78 is 7.25. The zero-order valence-corrected chi connectivity index (χ0v) is 15.0. The van der Waals surface area contributed by atoms with Crippen LogP contribution in [0.2, 0.25) is 0 Å². The van der Waals surface area contributed by atoms with E-state index in [9.17, 15) is 0 Å². The lowest BCUT2D eigenvalue weighted by molar-refractivity contribution is 0.416. The van der Waals surface area contributed by atoms with E-state index >= 15 is 0 Å². The van der Waals surface area contributed by atoms with Gasteiger partial charge in [-0.15, -0.1) is 0 Å². The minimum absolute atomic E-state index is 0.362. The predicted molar refractivity (Wildman–Crippen MR) is 104 cm³/mol. The molecule has 3 aromatic rings. The first kappa shape index (κ1) is 17.1. The van der Waals surface area contributed by atoms with E-state index < -0.39 is 0 Å². The third-order valence-electron chi connectivity index (χ3n) is 3.40. The molecule has 0 atom stereocenters. The number of H-pyrrole nitrogens is 1. The zero-order valence-electron chi connectivity index (χ0n) is 13.4. The van der Waals surface area contributed by atoms with Crippen molar-refractivity contribution >= 4 is 36.1 Å². The first-order valence-corrected chi connectivity index (χ1v) is 8.25. The van der Waals surface area contributed by atoms with Gasteiger partial charge < -0.3 is 4.74 Å². The Balaban J connectivity index is 1.95. The fourth-order valence-corrected chi connectivity index (χ4v) is 2.61. The van der Waals surface area contributed by atoms with E-state index in [2.05, 4.69) is 15.3 Å². The van der Waals surface area contributed by atoms with Gasteiger partial charge >= 0.3 is 0 Å². The van der Waals surface area contributed by atoms with Gasteiger partial charge in [0, 0.05) is 0 Å². The number of aromatic nitrogens is 3. The van der Waals surface area contributed by atoms with Crippen LogP contribution in [-0.4, -0.2) is 28.2 Å². The first-order chi connectivity index (χ1) is 12.2. The Bertz CT molecular complexity index is 976. The number of benzene rings is 2. The molecule has 0 aliphatic heterocycles. The lowest BCUT2D eigenvalue weighted by Crippen LogP contribution is -1.96.